The van der Waals surface area contributed by atoms with Crippen molar-refractivity contribution in [1.29, 1.82) is 0 Å². The molecule has 0 aromatic heterocycles. The number of carbonyl (C=O) groups is 3. The van der Waals surface area contributed by atoms with Gasteiger partial charge >= 0.3 is 5.97 Å². The standard InChI is InChI=1S/C32H28N2O4/c1-20(2)29(32(37)38)34-19-26-13-12-25(18-28(26)31(34)36)23-14-16-27(17-15-23)33-30(35)24-10-8-22(9-11-24)21-6-4-3-5-7-21/h3-18,20,29H,19H2,1-2H3,(H,33,35)(H,37,38). The summed E-state index contributed by atoms with van der Waals surface area (Å²) in [5.74, 6) is -1.65. The number of carboxylic acid groups (broad SMARTS) is 1. The molecule has 1 atom stereocenters. The Morgan fingerprint density at radius 3 is 2.00 bits per heavy atom. The predicted octanol–water partition coefficient (Wildman–Crippen LogP) is 6.34. The van der Waals surface area contributed by atoms with E-state index in [0.29, 0.717) is 23.4 Å². The number of fused-ring (bicyclic) bond motifs is 1. The Kier molecular flexibility index (Phi) is 6.79. The number of nitrogens with zero attached hydrogens (tertiary/aromatic N) is 1. The minimum atomic E-state index is -0.994. The molecule has 0 saturated carbocycles. The predicted molar refractivity (Wildman–Crippen MR) is 148 cm³/mol. The molecule has 5 rings (SSSR count). The van der Waals surface area contributed by atoms with E-state index in [-0.39, 0.29) is 17.7 Å². The van der Waals surface area contributed by atoms with Crippen molar-refractivity contribution in [2.75, 3.05) is 5.32 Å². The molecule has 2 N–H and O–H groups in total. The minimum Gasteiger partial charge on any atom is -0.480 e. The Morgan fingerprint density at radius 2 is 1.37 bits per heavy atom. The van der Waals surface area contributed by atoms with Gasteiger partial charge in [-0.2, -0.15) is 0 Å². The van der Waals surface area contributed by atoms with Crippen LogP contribution in [0.2, 0.25) is 0 Å². The van der Waals surface area contributed by atoms with Gasteiger partial charge in [0, 0.05) is 23.4 Å². The molecule has 0 fully saturated rings. The van der Waals surface area contributed by atoms with Gasteiger partial charge in [-0.05, 0) is 64.1 Å². The lowest BCUT2D eigenvalue weighted by molar-refractivity contribution is -0.144. The molecule has 2 amide bonds. The summed E-state index contributed by atoms with van der Waals surface area (Å²) < 4.78 is 0. The quantitative estimate of drug-likeness (QED) is 0.308. The first-order valence-electron chi connectivity index (χ1n) is 12.6. The second-order valence-corrected chi connectivity index (χ2v) is 9.81. The Balaban J connectivity index is 1.28. The molecule has 1 unspecified atom stereocenters. The van der Waals surface area contributed by atoms with Gasteiger partial charge < -0.3 is 15.3 Å². The van der Waals surface area contributed by atoms with E-state index in [9.17, 15) is 19.5 Å². The first-order chi connectivity index (χ1) is 18.3. The van der Waals surface area contributed by atoms with E-state index < -0.39 is 12.0 Å². The number of anilines is 1. The van der Waals surface area contributed by atoms with Crippen molar-refractivity contribution < 1.29 is 19.5 Å². The molecular formula is C32H28N2O4. The molecule has 0 aliphatic carbocycles. The van der Waals surface area contributed by atoms with E-state index in [4.69, 9.17) is 0 Å². The third-order valence-corrected chi connectivity index (χ3v) is 6.89. The van der Waals surface area contributed by atoms with Gasteiger partial charge in [-0.1, -0.05) is 80.6 Å². The van der Waals surface area contributed by atoms with Crippen LogP contribution in [0, 0.1) is 5.92 Å². The van der Waals surface area contributed by atoms with Crippen molar-refractivity contribution in [3.05, 3.63) is 114 Å². The van der Waals surface area contributed by atoms with Crippen LogP contribution in [0.4, 0.5) is 5.69 Å². The van der Waals surface area contributed by atoms with E-state index in [0.717, 1.165) is 27.8 Å². The van der Waals surface area contributed by atoms with Gasteiger partial charge in [0.1, 0.15) is 6.04 Å². The van der Waals surface area contributed by atoms with Crippen molar-refractivity contribution in [3.63, 3.8) is 0 Å². The fourth-order valence-electron chi connectivity index (χ4n) is 4.90. The van der Waals surface area contributed by atoms with Crippen molar-refractivity contribution in [1.82, 2.24) is 4.90 Å². The lowest BCUT2D eigenvalue weighted by atomic mass is 10.00. The largest absolute Gasteiger partial charge is 0.480 e. The van der Waals surface area contributed by atoms with Crippen LogP contribution in [0.25, 0.3) is 22.3 Å². The van der Waals surface area contributed by atoms with E-state index in [1.807, 2.05) is 97.1 Å². The Morgan fingerprint density at radius 1 is 0.789 bits per heavy atom. The molecule has 0 spiro atoms. The van der Waals surface area contributed by atoms with Crippen molar-refractivity contribution >= 4 is 23.5 Å². The highest BCUT2D eigenvalue weighted by Gasteiger charge is 2.38. The topological polar surface area (TPSA) is 86.7 Å². The average Bonchev–Trinajstić information content (AvgIpc) is 3.24. The van der Waals surface area contributed by atoms with Crippen LogP contribution < -0.4 is 5.32 Å². The molecule has 190 valence electrons. The van der Waals surface area contributed by atoms with Crippen LogP contribution in [0.1, 0.15) is 40.1 Å². The number of carboxylic acids is 1. The second kappa shape index (κ2) is 10.3. The summed E-state index contributed by atoms with van der Waals surface area (Å²) in [6, 6.07) is 29.7. The zero-order valence-electron chi connectivity index (χ0n) is 21.2. The maximum absolute atomic E-state index is 13.1. The summed E-state index contributed by atoms with van der Waals surface area (Å²) in [5, 5.41) is 12.6. The van der Waals surface area contributed by atoms with Crippen LogP contribution in [0.15, 0.2) is 97.1 Å². The summed E-state index contributed by atoms with van der Waals surface area (Å²) in [4.78, 5) is 39.0. The summed E-state index contributed by atoms with van der Waals surface area (Å²) in [6.07, 6.45) is 0. The Bertz CT molecular complexity index is 1490. The fourth-order valence-corrected chi connectivity index (χ4v) is 4.90. The van der Waals surface area contributed by atoms with E-state index in [2.05, 4.69) is 5.32 Å². The highest BCUT2D eigenvalue weighted by atomic mass is 16.4. The average molecular weight is 505 g/mol. The molecule has 0 radical (unpaired) electrons. The van der Waals surface area contributed by atoms with Crippen molar-refractivity contribution in [2.24, 2.45) is 5.92 Å². The van der Waals surface area contributed by atoms with Crippen molar-refractivity contribution in [3.8, 4) is 22.3 Å². The zero-order chi connectivity index (χ0) is 26.8. The van der Waals surface area contributed by atoms with E-state index >= 15 is 0 Å². The highest BCUT2D eigenvalue weighted by molar-refractivity contribution is 6.05. The Labute approximate surface area is 221 Å². The van der Waals surface area contributed by atoms with E-state index in [1.165, 1.54) is 4.90 Å². The summed E-state index contributed by atoms with van der Waals surface area (Å²) in [6.45, 7) is 3.90. The number of carbonyl (C=O) groups excluding carboxylic acids is 2. The lowest BCUT2D eigenvalue weighted by Crippen LogP contribution is -2.44. The van der Waals surface area contributed by atoms with Gasteiger partial charge in [0.05, 0.1) is 0 Å². The van der Waals surface area contributed by atoms with Crippen LogP contribution >= 0.6 is 0 Å². The summed E-state index contributed by atoms with van der Waals surface area (Å²) in [5.41, 5.74) is 6.47. The van der Waals surface area contributed by atoms with Gasteiger partial charge in [-0.15, -0.1) is 0 Å². The highest BCUT2D eigenvalue weighted by Crippen LogP contribution is 2.31. The molecule has 0 saturated heterocycles. The summed E-state index contributed by atoms with van der Waals surface area (Å²) >= 11 is 0. The molecule has 6 heteroatoms. The normalized spacial score (nSPS) is 13.3. The van der Waals surface area contributed by atoms with Gasteiger partial charge in [-0.3, -0.25) is 9.59 Å². The summed E-state index contributed by atoms with van der Waals surface area (Å²) in [7, 11) is 0. The number of aliphatic carboxylic acids is 1. The maximum atomic E-state index is 13.1. The van der Waals surface area contributed by atoms with Crippen LogP contribution in [-0.4, -0.2) is 33.8 Å². The molecule has 1 aliphatic rings. The maximum Gasteiger partial charge on any atom is 0.326 e. The van der Waals surface area contributed by atoms with Gasteiger partial charge in [-0.25, -0.2) is 4.79 Å². The molecule has 4 aromatic rings. The number of benzene rings is 4. The third kappa shape index (κ3) is 4.93. The SMILES string of the molecule is CC(C)C(C(=O)O)N1Cc2ccc(-c3ccc(NC(=O)c4ccc(-c5ccccc5)cc4)cc3)cc2C1=O. The van der Waals surface area contributed by atoms with E-state index in [1.54, 1.807) is 13.8 Å². The zero-order valence-corrected chi connectivity index (χ0v) is 21.2. The Hall–Kier alpha value is -4.71. The third-order valence-electron chi connectivity index (χ3n) is 6.89. The lowest BCUT2D eigenvalue weighted by Gasteiger charge is -2.27. The van der Waals surface area contributed by atoms with Gasteiger partial charge in [0.15, 0.2) is 0 Å². The second-order valence-electron chi connectivity index (χ2n) is 9.81. The number of hydrogen-bond donors (Lipinski definition) is 2. The minimum absolute atomic E-state index is 0.196. The first kappa shape index (κ1) is 25.0. The van der Waals surface area contributed by atoms with Gasteiger partial charge in [0.2, 0.25) is 0 Å². The molecule has 1 heterocycles. The molecule has 6 nitrogen and oxygen atoms in total. The monoisotopic (exact) mass is 504 g/mol. The van der Waals surface area contributed by atoms with Crippen molar-refractivity contribution in [2.45, 2.75) is 26.4 Å². The number of nitrogens with one attached hydrogen (secondary N) is 1. The van der Waals surface area contributed by atoms with Crippen LogP contribution in [-0.2, 0) is 11.3 Å². The molecular weight excluding hydrogens is 476 g/mol. The number of rotatable bonds is 7. The van der Waals surface area contributed by atoms with Crippen LogP contribution in [0.3, 0.4) is 0 Å². The molecule has 4 aromatic carbocycles. The smallest absolute Gasteiger partial charge is 0.326 e. The fraction of sp³-hybridized carbons (Fsp3) is 0.156. The first-order valence-corrected chi connectivity index (χ1v) is 12.6. The van der Waals surface area contributed by atoms with Gasteiger partial charge in [0.25, 0.3) is 11.8 Å². The number of hydrogen-bond acceptors (Lipinski definition) is 3. The van der Waals surface area contributed by atoms with Crippen LogP contribution in [0.5, 0.6) is 0 Å². The molecule has 38 heavy (non-hydrogen) atoms. The molecule has 1 aliphatic heterocycles. The number of amides is 2. The molecule has 0 bridgehead atoms.